The zero-order chi connectivity index (χ0) is 45.7. The molecule has 0 aromatic heterocycles. The van der Waals surface area contributed by atoms with E-state index in [-0.39, 0.29) is 46.8 Å². The molecule has 0 bridgehead atoms. The maximum Gasteiger partial charge on any atom is 0.332 e. The lowest BCUT2D eigenvalue weighted by Gasteiger charge is -2.43. The van der Waals surface area contributed by atoms with Crippen LogP contribution >= 0.6 is 0 Å². The van der Waals surface area contributed by atoms with Gasteiger partial charge in [0.15, 0.2) is 0 Å². The molecular weight excluding hydrogens is 821 g/mol. The lowest BCUT2D eigenvalue weighted by molar-refractivity contribution is 0.0545. The second kappa shape index (κ2) is 18.4. The summed E-state index contributed by atoms with van der Waals surface area (Å²) in [5, 5.41) is 5.38. The maximum absolute atomic E-state index is 13.8. The highest BCUT2D eigenvalue weighted by atomic mass is 32.2. The highest BCUT2D eigenvalue weighted by Gasteiger charge is 2.40. The highest BCUT2D eigenvalue weighted by Crippen LogP contribution is 2.52. The Balaban J connectivity index is 1.18. The molecule has 0 aliphatic heterocycles. The van der Waals surface area contributed by atoms with Crippen molar-refractivity contribution < 1.29 is 26.4 Å². The average molecular weight is 897 g/mol. The van der Waals surface area contributed by atoms with Crippen LogP contribution in [0.1, 0.15) is 166 Å². The Bertz CT molecular complexity index is 2240. The standard InChI is InChI=1S/C48H76N6O6S2/c1-29(2)53(47(7,8)9)23-21-32(6)62(59,60)52-46(56)50-44-40-18-14-15-33(40)25-35-19-20-38(42(35)44)37-27-36-26-34-16-13-17-39(34)43(41(36)28-37)49-45(55)51-61(57,58)24-22-31(5)54(30(3)4)48(10,11)12/h25-26,29-32,37-38H,13-24,27-28H2,1-12H3,(H2,49,51,55)(H2,50,52,56). The summed E-state index contributed by atoms with van der Waals surface area (Å²) in [6, 6.07) is 3.65. The van der Waals surface area contributed by atoms with Crippen molar-refractivity contribution in [1.82, 2.24) is 19.2 Å². The molecule has 62 heavy (non-hydrogen) atoms. The summed E-state index contributed by atoms with van der Waals surface area (Å²) in [5.74, 6) is 0.144. The van der Waals surface area contributed by atoms with Crippen LogP contribution in [0.4, 0.5) is 21.0 Å². The summed E-state index contributed by atoms with van der Waals surface area (Å²) in [6.45, 7) is 25.5. The van der Waals surface area contributed by atoms with Crippen LogP contribution in [-0.4, -0.2) is 85.4 Å². The van der Waals surface area contributed by atoms with Crippen molar-refractivity contribution in [3.63, 3.8) is 0 Å². The van der Waals surface area contributed by atoms with Crippen LogP contribution < -0.4 is 20.1 Å². The van der Waals surface area contributed by atoms with Gasteiger partial charge in [-0.2, -0.15) is 0 Å². The zero-order valence-electron chi connectivity index (χ0n) is 39.7. The Kier molecular flexibility index (Phi) is 14.3. The Morgan fingerprint density at radius 1 is 0.677 bits per heavy atom. The van der Waals surface area contributed by atoms with Gasteiger partial charge in [-0.05, 0) is 216 Å². The van der Waals surface area contributed by atoms with E-state index in [1.807, 2.05) is 6.92 Å². The second-order valence-corrected chi connectivity index (χ2v) is 25.3. The van der Waals surface area contributed by atoms with Crippen molar-refractivity contribution in [3.8, 4) is 0 Å². The first-order valence-electron chi connectivity index (χ1n) is 23.3. The van der Waals surface area contributed by atoms with Crippen LogP contribution in [-0.2, 0) is 65.0 Å². The summed E-state index contributed by atoms with van der Waals surface area (Å²) in [5.41, 5.74) is 10.5. The third kappa shape index (κ3) is 10.7. The van der Waals surface area contributed by atoms with E-state index in [0.717, 1.165) is 91.4 Å². The Hall–Kier alpha value is -3.20. The molecule has 4 atom stereocenters. The van der Waals surface area contributed by atoms with Gasteiger partial charge in [0.05, 0.1) is 11.0 Å². The number of carbonyl (C=O) groups excluding carboxylic acids is 2. The third-order valence-electron chi connectivity index (χ3n) is 14.1. The summed E-state index contributed by atoms with van der Waals surface area (Å²) < 4.78 is 58.5. The van der Waals surface area contributed by atoms with Crippen molar-refractivity contribution in [2.45, 2.75) is 201 Å². The number of hydrogen-bond acceptors (Lipinski definition) is 8. The first-order valence-corrected chi connectivity index (χ1v) is 26.5. The number of benzene rings is 2. The van der Waals surface area contributed by atoms with E-state index in [1.54, 1.807) is 6.92 Å². The van der Waals surface area contributed by atoms with E-state index in [4.69, 9.17) is 0 Å². The fourth-order valence-electron chi connectivity index (χ4n) is 11.8. The van der Waals surface area contributed by atoms with Gasteiger partial charge < -0.3 is 10.6 Å². The van der Waals surface area contributed by atoms with Crippen molar-refractivity contribution in [3.05, 3.63) is 56.6 Å². The van der Waals surface area contributed by atoms with Gasteiger partial charge in [0.2, 0.25) is 20.0 Å². The van der Waals surface area contributed by atoms with Gasteiger partial charge in [-0.15, -0.1) is 0 Å². The number of hydrogen-bond donors (Lipinski definition) is 4. The van der Waals surface area contributed by atoms with Gasteiger partial charge in [0, 0.05) is 47.1 Å². The number of carbonyl (C=O) groups is 2. The molecule has 4 aliphatic rings. The molecule has 0 saturated carbocycles. The average Bonchev–Trinajstić information content (AvgIpc) is 3.95. The molecule has 4 unspecified atom stereocenters. The number of rotatable bonds is 15. The van der Waals surface area contributed by atoms with Crippen LogP contribution in [0.25, 0.3) is 0 Å². The van der Waals surface area contributed by atoms with Crippen molar-refractivity contribution in [2.75, 3.05) is 22.9 Å². The quantitative estimate of drug-likeness (QED) is 0.139. The third-order valence-corrected chi connectivity index (χ3v) is 17.1. The summed E-state index contributed by atoms with van der Waals surface area (Å²) in [6.07, 6.45) is 9.52. The molecule has 14 heteroatoms. The molecule has 2 aromatic carbocycles. The minimum atomic E-state index is -3.96. The molecular formula is C48H76N6O6S2. The lowest BCUT2D eigenvalue weighted by Crippen LogP contribution is -2.51. The summed E-state index contributed by atoms with van der Waals surface area (Å²) >= 11 is 0. The van der Waals surface area contributed by atoms with Crippen LogP contribution in [0.5, 0.6) is 0 Å². The van der Waals surface area contributed by atoms with Crippen LogP contribution in [0.3, 0.4) is 0 Å². The Morgan fingerprint density at radius 3 is 1.84 bits per heavy atom. The fraction of sp³-hybridized carbons (Fsp3) is 0.708. The van der Waals surface area contributed by atoms with Gasteiger partial charge in [0.25, 0.3) is 0 Å². The second-order valence-electron chi connectivity index (χ2n) is 21.4. The molecule has 6 rings (SSSR count). The molecule has 4 amide bonds. The maximum atomic E-state index is 13.8. The molecule has 0 spiro atoms. The van der Waals surface area contributed by atoms with Gasteiger partial charge >= 0.3 is 12.1 Å². The van der Waals surface area contributed by atoms with Gasteiger partial charge in [-0.25, -0.2) is 35.9 Å². The number of urea groups is 2. The molecule has 0 radical (unpaired) electrons. The largest absolute Gasteiger partial charge is 0.332 e. The number of anilines is 2. The molecule has 12 nitrogen and oxygen atoms in total. The summed E-state index contributed by atoms with van der Waals surface area (Å²) in [7, 11) is -7.86. The fourth-order valence-corrected chi connectivity index (χ4v) is 13.8. The number of fused-ring (bicyclic) bond motifs is 4. The predicted molar refractivity (Wildman–Crippen MR) is 252 cm³/mol. The van der Waals surface area contributed by atoms with Gasteiger partial charge in [-0.1, -0.05) is 12.1 Å². The SMILES string of the molecule is CC(C)N(CCC(C)S(=O)(=O)NC(=O)Nc1c2c(cc3c1C(C1Cc4cc5c(c(NC(=O)NS(=O)(=O)CCC(C)N(C(C)C)C(C)(C)C)c4C1)CCC5)CC3)CCC2)C(C)(C)C. The van der Waals surface area contributed by atoms with E-state index in [1.165, 1.54) is 22.3 Å². The van der Waals surface area contributed by atoms with Crippen molar-refractivity contribution in [1.29, 1.82) is 0 Å². The van der Waals surface area contributed by atoms with Crippen LogP contribution in [0.15, 0.2) is 12.1 Å². The number of amides is 4. The first-order chi connectivity index (χ1) is 28.8. The predicted octanol–water partition coefficient (Wildman–Crippen LogP) is 8.59. The Labute approximate surface area is 373 Å². The molecule has 4 N–H and O–H groups in total. The first kappa shape index (κ1) is 48.3. The monoisotopic (exact) mass is 897 g/mol. The van der Waals surface area contributed by atoms with Crippen molar-refractivity contribution in [2.24, 2.45) is 5.92 Å². The topological polar surface area (TPSA) is 157 Å². The van der Waals surface area contributed by atoms with Crippen molar-refractivity contribution >= 4 is 43.5 Å². The van der Waals surface area contributed by atoms with E-state index < -0.39 is 37.4 Å². The van der Waals surface area contributed by atoms with Gasteiger partial charge in [-0.3, -0.25) is 9.80 Å². The number of sulfonamides is 2. The molecule has 0 heterocycles. The zero-order valence-corrected chi connectivity index (χ0v) is 41.3. The lowest BCUT2D eigenvalue weighted by atomic mass is 9.83. The van der Waals surface area contributed by atoms with Gasteiger partial charge in [0.1, 0.15) is 0 Å². The van der Waals surface area contributed by atoms with E-state index in [9.17, 15) is 26.4 Å². The molecule has 0 fully saturated rings. The number of nitrogens with one attached hydrogen (secondary N) is 4. The smallest absolute Gasteiger partial charge is 0.307 e. The number of aryl methyl sites for hydroxylation is 3. The minimum absolute atomic E-state index is 0.000517. The van der Waals surface area contributed by atoms with E-state index in [2.05, 4.69) is 111 Å². The van der Waals surface area contributed by atoms with E-state index in [0.29, 0.717) is 25.8 Å². The summed E-state index contributed by atoms with van der Waals surface area (Å²) in [4.78, 5) is 32.0. The minimum Gasteiger partial charge on any atom is -0.307 e. The molecule has 4 aliphatic carbocycles. The molecule has 346 valence electrons. The number of nitrogens with zero attached hydrogens (tertiary/aromatic N) is 2. The van der Waals surface area contributed by atoms with Crippen LogP contribution in [0, 0.1) is 5.92 Å². The molecule has 0 saturated heterocycles. The Morgan fingerprint density at radius 2 is 1.26 bits per heavy atom. The van der Waals surface area contributed by atoms with Crippen LogP contribution in [0.2, 0.25) is 0 Å². The normalized spacial score (nSPS) is 19.7. The highest BCUT2D eigenvalue weighted by molar-refractivity contribution is 7.90. The van der Waals surface area contributed by atoms with E-state index >= 15 is 0 Å². The molecule has 2 aromatic rings.